The summed E-state index contributed by atoms with van der Waals surface area (Å²) >= 11 is 0. The molecule has 4 nitrogen and oxygen atoms in total. The van der Waals surface area contributed by atoms with E-state index >= 15 is 0 Å². The van der Waals surface area contributed by atoms with Crippen molar-refractivity contribution in [3.63, 3.8) is 0 Å². The fraction of sp³-hybridized carbons (Fsp3) is 0.636. The van der Waals surface area contributed by atoms with Gasteiger partial charge in [0.1, 0.15) is 0 Å². The molecule has 1 aromatic carbocycles. The van der Waals surface area contributed by atoms with E-state index in [1.807, 2.05) is 12.1 Å². The maximum atomic E-state index is 13.1. The highest BCUT2D eigenvalue weighted by Gasteiger charge is 2.74. The molecule has 1 aliphatic rings. The van der Waals surface area contributed by atoms with Gasteiger partial charge in [-0.25, -0.2) is 9.59 Å². The van der Waals surface area contributed by atoms with Gasteiger partial charge in [0.05, 0.1) is 12.0 Å². The first-order valence-electron chi connectivity index (χ1n) is 9.86. The van der Waals surface area contributed by atoms with Gasteiger partial charge < -0.3 is 9.47 Å². The highest BCUT2D eigenvalue weighted by Crippen LogP contribution is 2.52. The topological polar surface area (TPSA) is 52.6 Å². The number of hydrogen-bond donors (Lipinski definition) is 0. The Morgan fingerprint density at radius 3 is 2.10 bits per heavy atom. The van der Waals surface area contributed by atoms with Gasteiger partial charge in [0.15, 0.2) is 12.7 Å². The van der Waals surface area contributed by atoms with Gasteiger partial charge in [-0.3, -0.25) is 0 Å². The molecule has 0 N–H and O–H groups in total. The van der Waals surface area contributed by atoms with Crippen molar-refractivity contribution in [2.75, 3.05) is 6.61 Å². The Morgan fingerprint density at radius 2 is 1.67 bits per heavy atom. The summed E-state index contributed by atoms with van der Waals surface area (Å²) in [5.74, 6) is -10.0. The molecule has 0 bridgehead atoms. The molecule has 2 unspecified atom stereocenters. The third-order valence-electron chi connectivity index (χ3n) is 5.14. The standard InChI is InChI=1S/C22H28F4O4/c1-13(2)16(10-20(3,4)5)14-6-8-15(9-7-14)19(28)29-12-18(27)30-17-11-21(23,24)22(17,25)26/h6-9,13,16-17H,10-12H2,1-5H3. The summed E-state index contributed by atoms with van der Waals surface area (Å²) in [5, 5.41) is 0. The van der Waals surface area contributed by atoms with E-state index in [1.165, 1.54) is 0 Å². The third kappa shape index (κ3) is 5.52. The normalized spacial score (nSPS) is 20.9. The van der Waals surface area contributed by atoms with Crippen LogP contribution < -0.4 is 0 Å². The Balaban J connectivity index is 1.91. The van der Waals surface area contributed by atoms with Crippen LogP contribution in [0.15, 0.2) is 24.3 Å². The molecule has 2 rings (SSSR count). The SMILES string of the molecule is CC(C)C(CC(C)(C)C)c1ccc(C(=O)OCC(=O)OC2CC(F)(F)C2(F)F)cc1. The van der Waals surface area contributed by atoms with Gasteiger partial charge in [-0.05, 0) is 41.4 Å². The van der Waals surface area contributed by atoms with Crippen molar-refractivity contribution in [2.45, 2.75) is 71.3 Å². The minimum Gasteiger partial charge on any atom is -0.453 e. The molecule has 0 aromatic heterocycles. The van der Waals surface area contributed by atoms with Crippen molar-refractivity contribution in [3.05, 3.63) is 35.4 Å². The van der Waals surface area contributed by atoms with E-state index in [4.69, 9.17) is 4.74 Å². The summed E-state index contributed by atoms with van der Waals surface area (Å²) in [7, 11) is 0. The summed E-state index contributed by atoms with van der Waals surface area (Å²) < 4.78 is 60.8. The minimum absolute atomic E-state index is 0.133. The third-order valence-corrected chi connectivity index (χ3v) is 5.14. The van der Waals surface area contributed by atoms with Crippen molar-refractivity contribution >= 4 is 11.9 Å². The van der Waals surface area contributed by atoms with Gasteiger partial charge in [-0.15, -0.1) is 0 Å². The van der Waals surface area contributed by atoms with Crippen LogP contribution in [-0.4, -0.2) is 36.5 Å². The van der Waals surface area contributed by atoms with Crippen molar-refractivity contribution < 1.29 is 36.6 Å². The average molecular weight is 432 g/mol. The van der Waals surface area contributed by atoms with Crippen molar-refractivity contribution in [2.24, 2.45) is 11.3 Å². The number of rotatable bonds is 7. The zero-order valence-electron chi connectivity index (χ0n) is 17.8. The first kappa shape index (κ1) is 24.2. The molecule has 168 valence electrons. The minimum atomic E-state index is -4.41. The quantitative estimate of drug-likeness (QED) is 0.415. The van der Waals surface area contributed by atoms with Gasteiger partial charge in [-0.1, -0.05) is 46.8 Å². The molecule has 0 heterocycles. The molecule has 1 saturated carbocycles. The number of ether oxygens (including phenoxy) is 2. The van der Waals surface area contributed by atoms with Crippen LogP contribution in [0.2, 0.25) is 0 Å². The first-order valence-corrected chi connectivity index (χ1v) is 9.86. The molecule has 0 amide bonds. The fourth-order valence-corrected chi connectivity index (χ4v) is 3.38. The van der Waals surface area contributed by atoms with Crippen LogP contribution in [0, 0.1) is 11.3 Å². The van der Waals surface area contributed by atoms with Crippen molar-refractivity contribution in [1.82, 2.24) is 0 Å². The molecule has 8 heteroatoms. The Morgan fingerprint density at radius 1 is 1.10 bits per heavy atom. The highest BCUT2D eigenvalue weighted by molar-refractivity contribution is 5.90. The lowest BCUT2D eigenvalue weighted by Gasteiger charge is -2.42. The number of halogens is 4. The first-order chi connectivity index (χ1) is 13.6. The summed E-state index contributed by atoms with van der Waals surface area (Å²) in [6.45, 7) is 9.81. The van der Waals surface area contributed by atoms with E-state index in [2.05, 4.69) is 39.4 Å². The number of carbonyl (C=O) groups is 2. The zero-order chi connectivity index (χ0) is 22.9. The molecule has 0 aliphatic heterocycles. The Hall–Kier alpha value is -2.12. The molecule has 0 spiro atoms. The molecule has 30 heavy (non-hydrogen) atoms. The molecule has 0 saturated heterocycles. The van der Waals surface area contributed by atoms with Crippen LogP contribution >= 0.6 is 0 Å². The van der Waals surface area contributed by atoms with E-state index in [1.54, 1.807) is 12.1 Å². The number of esters is 2. The molecule has 1 aliphatic carbocycles. The Labute approximate surface area is 173 Å². The van der Waals surface area contributed by atoms with E-state index < -0.39 is 42.9 Å². The van der Waals surface area contributed by atoms with E-state index in [9.17, 15) is 27.2 Å². The highest BCUT2D eigenvalue weighted by atomic mass is 19.3. The van der Waals surface area contributed by atoms with Crippen LogP contribution in [0.4, 0.5) is 17.6 Å². The molecular formula is C22H28F4O4. The summed E-state index contributed by atoms with van der Waals surface area (Å²) in [6.07, 6.45) is -2.51. The lowest BCUT2D eigenvalue weighted by molar-refractivity contribution is -0.333. The average Bonchev–Trinajstić information content (AvgIpc) is 2.63. The smallest absolute Gasteiger partial charge is 0.346 e. The van der Waals surface area contributed by atoms with Crippen LogP contribution in [0.1, 0.15) is 69.3 Å². The van der Waals surface area contributed by atoms with Crippen LogP contribution in [0.25, 0.3) is 0 Å². The van der Waals surface area contributed by atoms with Crippen molar-refractivity contribution in [3.8, 4) is 0 Å². The number of benzene rings is 1. The van der Waals surface area contributed by atoms with Gasteiger partial charge in [0.2, 0.25) is 0 Å². The summed E-state index contributed by atoms with van der Waals surface area (Å²) in [6, 6.07) is 6.79. The second-order valence-electron chi connectivity index (χ2n) is 9.32. The molecule has 1 aromatic rings. The Kier molecular flexibility index (Phi) is 6.89. The number of alkyl halides is 4. The van der Waals surface area contributed by atoms with Gasteiger partial charge >= 0.3 is 23.8 Å². The molecule has 1 fully saturated rings. The van der Waals surface area contributed by atoms with Gasteiger partial charge in [-0.2, -0.15) is 17.6 Å². The largest absolute Gasteiger partial charge is 0.453 e. The summed E-state index contributed by atoms with van der Waals surface area (Å²) in [5.41, 5.74) is 1.39. The maximum Gasteiger partial charge on any atom is 0.346 e. The predicted molar refractivity (Wildman–Crippen MR) is 103 cm³/mol. The second kappa shape index (κ2) is 8.55. The molecule has 2 atom stereocenters. The Bertz CT molecular complexity index is 766. The van der Waals surface area contributed by atoms with Crippen molar-refractivity contribution in [1.29, 1.82) is 0 Å². The monoisotopic (exact) mass is 432 g/mol. The molecule has 0 radical (unpaired) electrons. The van der Waals surface area contributed by atoms with E-state index in [0.717, 1.165) is 12.0 Å². The maximum absolute atomic E-state index is 13.1. The lowest BCUT2D eigenvalue weighted by Crippen LogP contribution is -2.63. The van der Waals surface area contributed by atoms with Gasteiger partial charge in [0, 0.05) is 0 Å². The van der Waals surface area contributed by atoms with Crippen LogP contribution in [0.5, 0.6) is 0 Å². The molecular weight excluding hydrogens is 404 g/mol. The number of carbonyl (C=O) groups excluding carboxylic acids is 2. The fourth-order valence-electron chi connectivity index (χ4n) is 3.38. The summed E-state index contributed by atoms with van der Waals surface area (Å²) in [4.78, 5) is 23.6. The van der Waals surface area contributed by atoms with Gasteiger partial charge in [0.25, 0.3) is 0 Å². The van der Waals surface area contributed by atoms with Crippen LogP contribution in [0.3, 0.4) is 0 Å². The van der Waals surface area contributed by atoms with E-state index in [-0.39, 0.29) is 11.0 Å². The zero-order valence-corrected chi connectivity index (χ0v) is 17.8. The predicted octanol–water partition coefficient (Wildman–Crippen LogP) is 5.61. The van der Waals surface area contributed by atoms with Crippen LogP contribution in [-0.2, 0) is 14.3 Å². The van der Waals surface area contributed by atoms with E-state index in [0.29, 0.717) is 11.8 Å². The number of hydrogen-bond acceptors (Lipinski definition) is 4. The lowest BCUT2D eigenvalue weighted by atomic mass is 9.76. The second-order valence-corrected chi connectivity index (χ2v) is 9.32.